The minimum absolute atomic E-state index is 0.132. The van der Waals surface area contributed by atoms with Crippen molar-refractivity contribution in [3.05, 3.63) is 40.4 Å². The quantitative estimate of drug-likeness (QED) is 0.706. The first-order valence-electron chi connectivity index (χ1n) is 7.72. The largest absolute Gasteiger partial charge is 0.477 e. The Bertz CT molecular complexity index is 947. The van der Waals surface area contributed by atoms with Gasteiger partial charge in [0.15, 0.2) is 0 Å². The van der Waals surface area contributed by atoms with E-state index in [-0.39, 0.29) is 12.1 Å². The summed E-state index contributed by atoms with van der Waals surface area (Å²) >= 11 is 2.48. The molecule has 0 unspecified atom stereocenters. The molecule has 0 bridgehead atoms. The topological polar surface area (TPSA) is 134 Å². The molecule has 1 saturated heterocycles. The van der Waals surface area contributed by atoms with Gasteiger partial charge in [-0.25, -0.2) is 4.79 Å². The predicted octanol–water partition coefficient (Wildman–Crippen LogP) is 1.26. The van der Waals surface area contributed by atoms with Gasteiger partial charge in [0.2, 0.25) is 5.91 Å². The van der Waals surface area contributed by atoms with Crippen LogP contribution in [0.5, 0.6) is 0 Å². The van der Waals surface area contributed by atoms with Crippen LogP contribution < -0.4 is 5.32 Å². The fourth-order valence-electron chi connectivity index (χ4n) is 2.75. The molecule has 1 aromatic rings. The molecule has 1 fully saturated rings. The van der Waals surface area contributed by atoms with Gasteiger partial charge in [-0.3, -0.25) is 14.5 Å². The van der Waals surface area contributed by atoms with Gasteiger partial charge in [0, 0.05) is 15.6 Å². The lowest BCUT2D eigenvalue weighted by Crippen LogP contribution is -2.70. The number of carbonyl (C=O) groups excluding carboxylic acids is 2. The van der Waals surface area contributed by atoms with Crippen LogP contribution in [-0.4, -0.2) is 45.0 Å². The zero-order valence-electron chi connectivity index (χ0n) is 13.7. The SMILES string of the molecule is N#CCC(=O)N[C@@H]1C(=O)N2C(C(=O)O)=C(Sc3ccccc3C#N)CS[C@@H]12. The van der Waals surface area contributed by atoms with E-state index >= 15 is 0 Å². The number of aliphatic carboxylic acids is 1. The molecule has 0 radical (unpaired) electrons. The number of hydrogen-bond acceptors (Lipinski definition) is 7. The summed E-state index contributed by atoms with van der Waals surface area (Å²) in [6.45, 7) is 0. The van der Waals surface area contributed by atoms with Gasteiger partial charge in [-0.15, -0.1) is 11.8 Å². The third-order valence-corrected chi connectivity index (χ3v) is 6.56. The fourth-order valence-corrected chi connectivity index (χ4v) is 5.30. The van der Waals surface area contributed by atoms with E-state index in [1.54, 1.807) is 30.3 Å². The van der Waals surface area contributed by atoms with Crippen LogP contribution in [0.25, 0.3) is 0 Å². The number of nitriles is 2. The summed E-state index contributed by atoms with van der Waals surface area (Å²) in [5, 5.41) is 29.3. The fraction of sp³-hybridized carbons (Fsp3) is 0.235. The number of carboxylic acid groups (broad SMARTS) is 1. The molecule has 0 aliphatic carbocycles. The average molecular weight is 400 g/mol. The van der Waals surface area contributed by atoms with Crippen molar-refractivity contribution in [1.29, 1.82) is 10.5 Å². The van der Waals surface area contributed by atoms with Crippen LogP contribution in [0.1, 0.15) is 12.0 Å². The number of fused-ring (bicyclic) bond motifs is 1. The van der Waals surface area contributed by atoms with E-state index in [1.807, 2.05) is 0 Å². The lowest BCUT2D eigenvalue weighted by Gasteiger charge is -2.49. The first kappa shape index (κ1) is 18.8. The minimum atomic E-state index is -1.24. The monoisotopic (exact) mass is 400 g/mol. The number of carboxylic acids is 1. The van der Waals surface area contributed by atoms with E-state index in [1.165, 1.54) is 11.8 Å². The first-order chi connectivity index (χ1) is 13.0. The maximum atomic E-state index is 12.4. The van der Waals surface area contributed by atoms with E-state index in [4.69, 9.17) is 5.26 Å². The van der Waals surface area contributed by atoms with Crippen LogP contribution in [0.15, 0.2) is 39.8 Å². The molecular formula is C17H12N4O4S2. The number of amides is 2. The van der Waals surface area contributed by atoms with Crippen LogP contribution in [-0.2, 0) is 14.4 Å². The van der Waals surface area contributed by atoms with Crippen molar-refractivity contribution in [3.63, 3.8) is 0 Å². The van der Waals surface area contributed by atoms with Crippen molar-refractivity contribution in [1.82, 2.24) is 10.2 Å². The lowest BCUT2D eigenvalue weighted by atomic mass is 10.0. The van der Waals surface area contributed by atoms with Crippen molar-refractivity contribution in [2.45, 2.75) is 22.7 Å². The number of β-lactam (4-membered cyclic amide) rings is 1. The Morgan fingerprint density at radius 2 is 2.11 bits per heavy atom. The molecule has 1 aromatic carbocycles. The number of carbonyl (C=O) groups is 3. The van der Waals surface area contributed by atoms with Crippen molar-refractivity contribution >= 4 is 41.3 Å². The highest BCUT2D eigenvalue weighted by Gasteiger charge is 2.54. The molecular weight excluding hydrogens is 388 g/mol. The highest BCUT2D eigenvalue weighted by atomic mass is 32.2. The number of nitrogens with one attached hydrogen (secondary N) is 1. The predicted molar refractivity (Wildman–Crippen MR) is 96.9 cm³/mol. The standard InChI is InChI=1S/C17H12N4O4S2/c18-6-5-12(22)20-13-15(23)21-14(17(24)25)11(8-26-16(13)21)27-10-4-2-1-3-9(10)7-19/h1-4,13,16H,5,8H2,(H,20,22)(H,24,25)/t13-,16+/m1/s1. The number of hydrogen-bond donors (Lipinski definition) is 2. The number of rotatable bonds is 5. The normalized spacial score (nSPS) is 20.8. The molecule has 3 rings (SSSR count). The van der Waals surface area contributed by atoms with Crippen molar-refractivity contribution < 1.29 is 19.5 Å². The van der Waals surface area contributed by atoms with Crippen LogP contribution in [0.4, 0.5) is 0 Å². The van der Waals surface area contributed by atoms with Gasteiger partial charge in [0.25, 0.3) is 5.91 Å². The highest BCUT2D eigenvalue weighted by molar-refractivity contribution is 8.06. The molecule has 2 atom stereocenters. The van der Waals surface area contributed by atoms with Crippen LogP contribution >= 0.6 is 23.5 Å². The smallest absolute Gasteiger partial charge is 0.353 e. The Morgan fingerprint density at radius 1 is 1.37 bits per heavy atom. The van der Waals surface area contributed by atoms with Crippen molar-refractivity contribution in [3.8, 4) is 12.1 Å². The summed E-state index contributed by atoms with van der Waals surface area (Å²) in [7, 11) is 0. The minimum Gasteiger partial charge on any atom is -0.477 e. The first-order valence-corrected chi connectivity index (χ1v) is 9.59. The maximum absolute atomic E-state index is 12.4. The molecule has 2 N–H and O–H groups in total. The number of nitrogens with zero attached hydrogens (tertiary/aromatic N) is 3. The van der Waals surface area contributed by atoms with Gasteiger partial charge in [-0.2, -0.15) is 10.5 Å². The Kier molecular flexibility index (Phi) is 5.40. The Balaban J connectivity index is 1.87. The second-order valence-electron chi connectivity index (χ2n) is 5.58. The molecule has 0 saturated carbocycles. The maximum Gasteiger partial charge on any atom is 0.353 e. The Morgan fingerprint density at radius 3 is 2.78 bits per heavy atom. The van der Waals surface area contributed by atoms with Gasteiger partial charge in [-0.05, 0) is 12.1 Å². The molecule has 2 aliphatic heterocycles. The van der Waals surface area contributed by atoms with E-state index in [0.29, 0.717) is 21.1 Å². The Hall–Kier alpha value is -2.95. The van der Waals surface area contributed by atoms with Crippen LogP contribution in [0, 0.1) is 22.7 Å². The van der Waals surface area contributed by atoms with Gasteiger partial charge in [0.05, 0.1) is 11.6 Å². The summed E-state index contributed by atoms with van der Waals surface area (Å²) in [4.78, 5) is 38.0. The zero-order valence-corrected chi connectivity index (χ0v) is 15.3. The van der Waals surface area contributed by atoms with Gasteiger partial charge in [-0.1, -0.05) is 23.9 Å². The molecule has 2 amide bonds. The molecule has 0 spiro atoms. The van der Waals surface area contributed by atoms with Gasteiger partial charge in [0.1, 0.15) is 29.6 Å². The molecule has 8 nitrogen and oxygen atoms in total. The molecule has 136 valence electrons. The summed E-state index contributed by atoms with van der Waals surface area (Å²) in [5.74, 6) is -2.01. The lowest BCUT2D eigenvalue weighted by molar-refractivity contribution is -0.150. The van der Waals surface area contributed by atoms with Crippen LogP contribution in [0.3, 0.4) is 0 Å². The second-order valence-corrected chi connectivity index (χ2v) is 7.82. The van der Waals surface area contributed by atoms with E-state index < -0.39 is 29.2 Å². The van der Waals surface area contributed by atoms with Crippen molar-refractivity contribution in [2.24, 2.45) is 0 Å². The third-order valence-electron chi connectivity index (χ3n) is 3.93. The second kappa shape index (κ2) is 7.74. The molecule has 2 heterocycles. The molecule has 2 aliphatic rings. The van der Waals surface area contributed by atoms with E-state index in [9.17, 15) is 24.8 Å². The summed E-state index contributed by atoms with van der Waals surface area (Å²) in [6.07, 6.45) is -0.366. The average Bonchev–Trinajstić information content (AvgIpc) is 2.66. The summed E-state index contributed by atoms with van der Waals surface area (Å²) in [5.41, 5.74) is 0.288. The van der Waals surface area contributed by atoms with Gasteiger partial charge < -0.3 is 10.4 Å². The van der Waals surface area contributed by atoms with E-state index in [0.717, 1.165) is 16.7 Å². The highest BCUT2D eigenvalue weighted by Crippen LogP contribution is 2.45. The zero-order chi connectivity index (χ0) is 19.6. The van der Waals surface area contributed by atoms with Gasteiger partial charge >= 0.3 is 5.97 Å². The molecule has 27 heavy (non-hydrogen) atoms. The Labute approximate surface area is 162 Å². The molecule has 10 heteroatoms. The van der Waals surface area contributed by atoms with E-state index in [2.05, 4.69) is 11.4 Å². The third kappa shape index (κ3) is 3.50. The number of thioether (sulfide) groups is 2. The summed E-state index contributed by atoms with van der Waals surface area (Å²) in [6, 6.07) is 9.74. The van der Waals surface area contributed by atoms with Crippen LogP contribution in [0.2, 0.25) is 0 Å². The number of benzene rings is 1. The summed E-state index contributed by atoms with van der Waals surface area (Å²) < 4.78 is 0. The van der Waals surface area contributed by atoms with Crippen molar-refractivity contribution in [2.75, 3.05) is 5.75 Å². The molecule has 0 aromatic heterocycles.